The van der Waals surface area contributed by atoms with E-state index in [0.717, 1.165) is 5.82 Å². The fourth-order valence-corrected chi connectivity index (χ4v) is 3.48. The zero-order valence-electron chi connectivity index (χ0n) is 18.4. The third-order valence-corrected chi connectivity index (χ3v) is 5.23. The molecule has 0 radical (unpaired) electrons. The summed E-state index contributed by atoms with van der Waals surface area (Å²) in [6.45, 7) is 3.64. The number of carbonyl (C=O) groups excluding carboxylic acids is 1. The van der Waals surface area contributed by atoms with Gasteiger partial charge in [0.2, 0.25) is 5.95 Å². The Balaban J connectivity index is 1.70. The van der Waals surface area contributed by atoms with E-state index in [9.17, 15) is 4.79 Å². The zero-order valence-corrected chi connectivity index (χ0v) is 18.4. The van der Waals surface area contributed by atoms with Crippen LogP contribution in [0, 0.1) is 24.6 Å². The Labute approximate surface area is 191 Å². The van der Waals surface area contributed by atoms with Gasteiger partial charge in [-0.25, -0.2) is 19.3 Å². The van der Waals surface area contributed by atoms with Crippen LogP contribution >= 0.6 is 0 Å². The summed E-state index contributed by atoms with van der Waals surface area (Å²) >= 11 is 0. The van der Waals surface area contributed by atoms with Crippen LogP contribution in [0.3, 0.4) is 0 Å². The number of morpholine rings is 1. The number of nitrogens with one attached hydrogen (secondary N) is 1. The number of pyridine rings is 1. The second-order valence-electron chi connectivity index (χ2n) is 7.42. The van der Waals surface area contributed by atoms with Crippen molar-refractivity contribution in [2.24, 2.45) is 0 Å². The number of anilines is 2. The number of ether oxygens (including phenoxy) is 1. The predicted octanol–water partition coefficient (Wildman–Crippen LogP) is 2.48. The highest BCUT2D eigenvalue weighted by Gasteiger charge is 2.21. The van der Waals surface area contributed by atoms with Crippen molar-refractivity contribution in [1.82, 2.24) is 19.9 Å². The van der Waals surface area contributed by atoms with Crippen molar-refractivity contribution in [1.29, 1.82) is 0 Å². The Bertz CT molecular complexity index is 1240. The molecule has 8 nitrogen and oxygen atoms in total. The van der Waals surface area contributed by atoms with Crippen LogP contribution < -0.4 is 11.1 Å². The van der Waals surface area contributed by atoms with Crippen LogP contribution in [0.2, 0.25) is 0 Å². The van der Waals surface area contributed by atoms with E-state index in [0.29, 0.717) is 43.1 Å². The smallest absolute Gasteiger partial charge is 0.254 e. The fraction of sp³-hybridized carbons (Fsp3) is 0.250. The lowest BCUT2D eigenvalue weighted by Gasteiger charge is -2.27. The number of rotatable bonds is 3. The molecule has 0 saturated carbocycles. The van der Waals surface area contributed by atoms with Crippen LogP contribution in [0.1, 0.15) is 27.2 Å². The molecule has 9 heteroatoms. The normalized spacial score (nSPS) is 13.2. The van der Waals surface area contributed by atoms with E-state index in [-0.39, 0.29) is 28.7 Å². The maximum atomic E-state index is 15.2. The van der Waals surface area contributed by atoms with E-state index in [1.54, 1.807) is 37.2 Å². The van der Waals surface area contributed by atoms with Crippen molar-refractivity contribution in [3.8, 4) is 23.1 Å². The van der Waals surface area contributed by atoms with Gasteiger partial charge in [0, 0.05) is 43.0 Å². The maximum Gasteiger partial charge on any atom is 0.254 e. The van der Waals surface area contributed by atoms with E-state index in [1.165, 1.54) is 12.1 Å². The second kappa shape index (κ2) is 9.63. The van der Waals surface area contributed by atoms with Crippen LogP contribution in [0.25, 0.3) is 11.3 Å². The van der Waals surface area contributed by atoms with Crippen molar-refractivity contribution in [3.05, 3.63) is 64.7 Å². The molecule has 0 aliphatic carbocycles. The van der Waals surface area contributed by atoms with Gasteiger partial charge in [-0.05, 0) is 37.3 Å². The number of amides is 1. The molecule has 1 aliphatic heterocycles. The number of aryl methyl sites for hydroxylation is 1. The molecule has 4 rings (SSSR count). The average Bonchev–Trinajstić information content (AvgIpc) is 2.83. The molecule has 168 valence electrons. The largest absolute Gasteiger partial charge is 0.378 e. The molecule has 3 N–H and O–H groups in total. The first-order valence-electron chi connectivity index (χ1n) is 10.4. The van der Waals surface area contributed by atoms with Gasteiger partial charge in [-0.3, -0.25) is 4.79 Å². The van der Waals surface area contributed by atoms with Gasteiger partial charge in [0.15, 0.2) is 0 Å². The van der Waals surface area contributed by atoms with Crippen LogP contribution in [-0.4, -0.2) is 59.1 Å². The lowest BCUT2D eigenvalue weighted by atomic mass is 10.0. The van der Waals surface area contributed by atoms with E-state index in [4.69, 9.17) is 10.5 Å². The van der Waals surface area contributed by atoms with Crippen molar-refractivity contribution in [2.45, 2.75) is 6.92 Å². The minimum absolute atomic E-state index is 0.0148. The SMILES string of the molecule is CNc1ccc(C#Cc2c(C)nc(N)nc2-c2ccc(C(=O)N3CCOCC3)cc2F)cn1. The number of carbonyl (C=O) groups is 1. The lowest BCUT2D eigenvalue weighted by molar-refractivity contribution is 0.0302. The molecule has 2 aromatic heterocycles. The van der Waals surface area contributed by atoms with E-state index < -0.39 is 5.82 Å². The second-order valence-corrected chi connectivity index (χ2v) is 7.42. The summed E-state index contributed by atoms with van der Waals surface area (Å²) in [5.74, 6) is 5.96. The van der Waals surface area contributed by atoms with Gasteiger partial charge in [0.1, 0.15) is 11.6 Å². The van der Waals surface area contributed by atoms with Crippen molar-refractivity contribution >= 4 is 17.7 Å². The van der Waals surface area contributed by atoms with E-state index in [1.807, 2.05) is 6.07 Å². The Morgan fingerprint density at radius 1 is 1.18 bits per heavy atom. The van der Waals surface area contributed by atoms with Gasteiger partial charge in [0.25, 0.3) is 5.91 Å². The van der Waals surface area contributed by atoms with E-state index >= 15 is 4.39 Å². The Morgan fingerprint density at radius 2 is 1.97 bits per heavy atom. The Hall–Kier alpha value is -4.03. The third-order valence-electron chi connectivity index (χ3n) is 5.23. The summed E-state index contributed by atoms with van der Waals surface area (Å²) in [5.41, 5.74) is 8.24. The number of halogens is 1. The zero-order chi connectivity index (χ0) is 23.4. The van der Waals surface area contributed by atoms with Crippen LogP contribution in [0.5, 0.6) is 0 Å². The highest BCUT2D eigenvalue weighted by Crippen LogP contribution is 2.27. The number of benzene rings is 1. The van der Waals surface area contributed by atoms with Crippen LogP contribution in [0.15, 0.2) is 36.5 Å². The number of aromatic nitrogens is 3. The first-order chi connectivity index (χ1) is 16.0. The maximum absolute atomic E-state index is 15.2. The quantitative estimate of drug-likeness (QED) is 0.596. The molecule has 1 fully saturated rings. The van der Waals surface area contributed by atoms with Crippen molar-refractivity contribution in [3.63, 3.8) is 0 Å². The van der Waals surface area contributed by atoms with Gasteiger partial charge < -0.3 is 20.7 Å². The number of hydrogen-bond donors (Lipinski definition) is 2. The molecule has 0 unspecified atom stereocenters. The molecular formula is C24H23FN6O2. The number of hydrogen-bond acceptors (Lipinski definition) is 7. The summed E-state index contributed by atoms with van der Waals surface area (Å²) in [7, 11) is 1.78. The fourth-order valence-electron chi connectivity index (χ4n) is 3.48. The summed E-state index contributed by atoms with van der Waals surface area (Å²) < 4.78 is 20.5. The monoisotopic (exact) mass is 446 g/mol. The van der Waals surface area contributed by atoms with Crippen molar-refractivity contribution in [2.75, 3.05) is 44.4 Å². The lowest BCUT2D eigenvalue weighted by Crippen LogP contribution is -2.40. The molecule has 1 aromatic carbocycles. The Morgan fingerprint density at radius 3 is 2.64 bits per heavy atom. The molecule has 0 bridgehead atoms. The third kappa shape index (κ3) is 4.91. The van der Waals surface area contributed by atoms with Crippen LogP contribution in [-0.2, 0) is 4.74 Å². The van der Waals surface area contributed by atoms with Gasteiger partial charge in [-0.1, -0.05) is 11.8 Å². The summed E-state index contributed by atoms with van der Waals surface area (Å²) in [4.78, 5) is 27.0. The molecule has 33 heavy (non-hydrogen) atoms. The first kappa shape index (κ1) is 22.2. The number of nitrogen functional groups attached to an aromatic ring is 1. The summed E-state index contributed by atoms with van der Waals surface area (Å²) in [6.07, 6.45) is 1.64. The van der Waals surface area contributed by atoms with E-state index in [2.05, 4.69) is 32.1 Å². The van der Waals surface area contributed by atoms with Crippen molar-refractivity contribution < 1.29 is 13.9 Å². The standard InChI is InChI=1S/C24H23FN6O2/c1-15-18(6-3-16-4-8-21(27-2)28-14-16)22(30-24(26)29-15)19-7-5-17(13-20(19)25)23(32)31-9-11-33-12-10-31/h4-5,7-8,13-14H,9-12H2,1-2H3,(H,27,28)(H2,26,29,30). The predicted molar refractivity (Wildman–Crippen MR) is 123 cm³/mol. The topological polar surface area (TPSA) is 106 Å². The minimum atomic E-state index is -0.588. The molecule has 0 atom stereocenters. The molecular weight excluding hydrogens is 423 g/mol. The molecule has 3 heterocycles. The molecule has 1 saturated heterocycles. The number of nitrogens with two attached hydrogens (primary N) is 1. The molecule has 3 aromatic rings. The molecule has 0 spiro atoms. The van der Waals surface area contributed by atoms with Gasteiger partial charge in [-0.15, -0.1) is 0 Å². The first-order valence-corrected chi connectivity index (χ1v) is 10.4. The highest BCUT2D eigenvalue weighted by molar-refractivity contribution is 5.95. The average molecular weight is 446 g/mol. The van der Waals surface area contributed by atoms with Gasteiger partial charge in [0.05, 0.1) is 30.2 Å². The number of nitrogens with zero attached hydrogens (tertiary/aromatic N) is 4. The summed E-state index contributed by atoms with van der Waals surface area (Å²) in [5, 5.41) is 2.95. The minimum Gasteiger partial charge on any atom is -0.378 e. The van der Waals surface area contributed by atoms with Gasteiger partial charge >= 0.3 is 0 Å². The highest BCUT2D eigenvalue weighted by atomic mass is 19.1. The Kier molecular flexibility index (Phi) is 6.47. The summed E-state index contributed by atoms with van der Waals surface area (Å²) in [6, 6.07) is 7.96. The molecule has 1 aliphatic rings. The molecule has 1 amide bonds. The van der Waals surface area contributed by atoms with Crippen LogP contribution in [0.4, 0.5) is 16.2 Å². The van der Waals surface area contributed by atoms with Gasteiger partial charge in [-0.2, -0.15) is 0 Å².